The van der Waals surface area contributed by atoms with Crippen LogP contribution in [0.15, 0.2) is 25.6 Å². The molecule has 2 aromatic heterocycles. The summed E-state index contributed by atoms with van der Waals surface area (Å²) in [7, 11) is 0. The van der Waals surface area contributed by atoms with Crippen LogP contribution in [0.3, 0.4) is 0 Å². The third kappa shape index (κ3) is 3.13. The van der Waals surface area contributed by atoms with E-state index in [1.165, 1.54) is 0 Å². The number of ether oxygens (including phenoxy) is 1. The van der Waals surface area contributed by atoms with Gasteiger partial charge in [0.1, 0.15) is 6.26 Å². The third-order valence-corrected chi connectivity index (χ3v) is 3.15. The standard InChI is InChI=1S/C12H14BrNO3S/c1-2-4-15-5-3-14-10-6-9(18)12-11(17-10)8(13)7-16-12/h6-7,14H,2-5H2,1H3. The Labute approximate surface area is 118 Å². The maximum atomic E-state index is 5.65. The molecule has 0 radical (unpaired) electrons. The van der Waals surface area contributed by atoms with Gasteiger partial charge in [0, 0.05) is 19.2 Å². The number of hydrogen-bond donors (Lipinski definition) is 1. The summed E-state index contributed by atoms with van der Waals surface area (Å²) in [4.78, 5) is 0. The number of anilines is 1. The highest BCUT2D eigenvalue weighted by Crippen LogP contribution is 2.29. The second kappa shape index (κ2) is 6.36. The highest BCUT2D eigenvalue weighted by Gasteiger charge is 2.09. The Hall–Kier alpha value is -0.850. The molecular formula is C12H14BrNO3S. The molecule has 2 heterocycles. The van der Waals surface area contributed by atoms with Crippen LogP contribution in [0.25, 0.3) is 11.2 Å². The predicted molar refractivity (Wildman–Crippen MR) is 76.6 cm³/mol. The van der Waals surface area contributed by atoms with Gasteiger partial charge in [-0.15, -0.1) is 0 Å². The summed E-state index contributed by atoms with van der Waals surface area (Å²) >= 11 is 8.58. The first-order valence-corrected chi connectivity index (χ1v) is 6.95. The Balaban J connectivity index is 2.05. The molecule has 0 aliphatic rings. The molecule has 0 fully saturated rings. The summed E-state index contributed by atoms with van der Waals surface area (Å²) in [5.41, 5.74) is 1.21. The minimum absolute atomic E-state index is 0.588. The van der Waals surface area contributed by atoms with Gasteiger partial charge in [-0.05, 0) is 22.4 Å². The van der Waals surface area contributed by atoms with Crippen LogP contribution in [0.5, 0.6) is 0 Å². The van der Waals surface area contributed by atoms with Crippen molar-refractivity contribution in [2.24, 2.45) is 0 Å². The smallest absolute Gasteiger partial charge is 0.195 e. The third-order valence-electron chi connectivity index (χ3n) is 2.30. The van der Waals surface area contributed by atoms with Crippen LogP contribution in [-0.4, -0.2) is 19.8 Å². The van der Waals surface area contributed by atoms with Gasteiger partial charge in [-0.25, -0.2) is 0 Å². The highest BCUT2D eigenvalue weighted by atomic mass is 79.9. The van der Waals surface area contributed by atoms with Gasteiger partial charge in [0.2, 0.25) is 0 Å². The molecule has 1 N–H and O–H groups in total. The molecular weight excluding hydrogens is 318 g/mol. The van der Waals surface area contributed by atoms with Crippen LogP contribution >= 0.6 is 28.1 Å². The van der Waals surface area contributed by atoms with Crippen molar-refractivity contribution in [1.29, 1.82) is 0 Å². The maximum Gasteiger partial charge on any atom is 0.195 e. The van der Waals surface area contributed by atoms with E-state index in [2.05, 4.69) is 28.2 Å². The number of furan rings is 1. The van der Waals surface area contributed by atoms with Crippen molar-refractivity contribution >= 4 is 45.2 Å². The molecule has 0 aromatic carbocycles. The van der Waals surface area contributed by atoms with Gasteiger partial charge in [-0.1, -0.05) is 19.1 Å². The van der Waals surface area contributed by atoms with E-state index in [0.29, 0.717) is 34.7 Å². The summed E-state index contributed by atoms with van der Waals surface area (Å²) in [6.07, 6.45) is 2.59. The van der Waals surface area contributed by atoms with Gasteiger partial charge in [-0.2, -0.15) is 0 Å². The van der Waals surface area contributed by atoms with Crippen molar-refractivity contribution in [3.8, 4) is 0 Å². The molecule has 0 atom stereocenters. The fourth-order valence-corrected chi connectivity index (χ4v) is 2.10. The number of halogens is 1. The van der Waals surface area contributed by atoms with E-state index in [1.807, 2.05) is 0 Å². The molecule has 4 nitrogen and oxygen atoms in total. The van der Waals surface area contributed by atoms with Gasteiger partial charge in [0.05, 0.1) is 15.6 Å². The number of hydrogen-bond acceptors (Lipinski definition) is 5. The first kappa shape index (κ1) is 13.6. The molecule has 18 heavy (non-hydrogen) atoms. The van der Waals surface area contributed by atoms with E-state index < -0.39 is 0 Å². The van der Waals surface area contributed by atoms with E-state index in [9.17, 15) is 0 Å². The molecule has 2 aromatic rings. The van der Waals surface area contributed by atoms with Crippen molar-refractivity contribution in [1.82, 2.24) is 0 Å². The van der Waals surface area contributed by atoms with Crippen LogP contribution in [0, 0.1) is 4.51 Å². The van der Waals surface area contributed by atoms with Crippen LogP contribution in [-0.2, 0) is 4.74 Å². The summed E-state index contributed by atoms with van der Waals surface area (Å²) in [5.74, 6) is 0.620. The SMILES string of the molecule is CCCOCCNc1cc(=S)c2occ(Br)c2o1. The highest BCUT2D eigenvalue weighted by molar-refractivity contribution is 9.10. The summed E-state index contributed by atoms with van der Waals surface area (Å²) < 4.78 is 17.7. The molecule has 0 bridgehead atoms. The predicted octanol–water partition coefficient (Wildman–Crippen LogP) is 4.36. The average molecular weight is 332 g/mol. The second-order valence-corrected chi connectivity index (χ2v) is 5.05. The van der Waals surface area contributed by atoms with E-state index in [0.717, 1.165) is 17.5 Å². The summed E-state index contributed by atoms with van der Waals surface area (Å²) in [6, 6.07) is 1.74. The van der Waals surface area contributed by atoms with Crippen molar-refractivity contribution < 1.29 is 13.6 Å². The van der Waals surface area contributed by atoms with Crippen molar-refractivity contribution in [3.63, 3.8) is 0 Å². The Kier molecular flexibility index (Phi) is 4.79. The van der Waals surface area contributed by atoms with Gasteiger partial charge in [0.25, 0.3) is 0 Å². The fraction of sp³-hybridized carbons (Fsp3) is 0.417. The Morgan fingerprint density at radius 3 is 3.00 bits per heavy atom. The minimum atomic E-state index is 0.588. The maximum absolute atomic E-state index is 5.65. The molecule has 0 amide bonds. The molecule has 0 aliphatic heterocycles. The zero-order chi connectivity index (χ0) is 13.0. The first-order chi connectivity index (χ1) is 8.72. The minimum Gasteiger partial charge on any atom is -0.458 e. The van der Waals surface area contributed by atoms with Gasteiger partial charge in [0.15, 0.2) is 17.1 Å². The zero-order valence-corrected chi connectivity index (χ0v) is 12.4. The van der Waals surface area contributed by atoms with Crippen LogP contribution < -0.4 is 5.32 Å². The van der Waals surface area contributed by atoms with Crippen molar-refractivity contribution in [2.45, 2.75) is 13.3 Å². The molecule has 6 heteroatoms. The van der Waals surface area contributed by atoms with Crippen molar-refractivity contribution in [3.05, 3.63) is 21.3 Å². The average Bonchev–Trinajstić information content (AvgIpc) is 2.72. The number of fused-ring (bicyclic) bond motifs is 1. The van der Waals surface area contributed by atoms with Crippen LogP contribution in [0.1, 0.15) is 13.3 Å². The topological polar surface area (TPSA) is 47.5 Å². The lowest BCUT2D eigenvalue weighted by Crippen LogP contribution is -2.09. The number of rotatable bonds is 6. The Morgan fingerprint density at radius 1 is 1.39 bits per heavy atom. The zero-order valence-electron chi connectivity index (χ0n) is 9.99. The van der Waals surface area contributed by atoms with Crippen LogP contribution in [0.2, 0.25) is 0 Å². The normalized spacial score (nSPS) is 11.0. The van der Waals surface area contributed by atoms with Gasteiger partial charge in [-0.3, -0.25) is 0 Å². The molecule has 0 saturated carbocycles. The van der Waals surface area contributed by atoms with E-state index in [1.54, 1.807) is 12.3 Å². The lowest BCUT2D eigenvalue weighted by Gasteiger charge is -2.05. The number of nitrogens with one attached hydrogen (secondary N) is 1. The largest absolute Gasteiger partial charge is 0.458 e. The molecule has 0 unspecified atom stereocenters. The lowest BCUT2D eigenvalue weighted by atomic mass is 10.4. The molecule has 0 spiro atoms. The molecule has 98 valence electrons. The Bertz CT molecular complexity index is 578. The lowest BCUT2D eigenvalue weighted by molar-refractivity contribution is 0.144. The summed E-state index contributed by atoms with van der Waals surface area (Å²) in [6.45, 7) is 4.17. The fourth-order valence-electron chi connectivity index (χ4n) is 1.50. The van der Waals surface area contributed by atoms with E-state index in [4.69, 9.17) is 25.8 Å². The second-order valence-electron chi connectivity index (χ2n) is 3.76. The van der Waals surface area contributed by atoms with Gasteiger partial charge >= 0.3 is 0 Å². The van der Waals surface area contributed by atoms with E-state index >= 15 is 0 Å². The molecule has 2 rings (SSSR count). The van der Waals surface area contributed by atoms with Crippen LogP contribution in [0.4, 0.5) is 5.88 Å². The molecule has 0 saturated heterocycles. The van der Waals surface area contributed by atoms with Gasteiger partial charge < -0.3 is 18.9 Å². The monoisotopic (exact) mass is 331 g/mol. The Morgan fingerprint density at radius 2 is 2.22 bits per heavy atom. The molecule has 0 aliphatic carbocycles. The quantitative estimate of drug-likeness (QED) is 0.629. The first-order valence-electron chi connectivity index (χ1n) is 5.75. The van der Waals surface area contributed by atoms with Crippen molar-refractivity contribution in [2.75, 3.05) is 25.1 Å². The van der Waals surface area contributed by atoms with E-state index in [-0.39, 0.29) is 0 Å². The summed E-state index contributed by atoms with van der Waals surface area (Å²) in [5, 5.41) is 3.13.